The number of hydrogen-bond acceptors (Lipinski definition) is 4. The lowest BCUT2D eigenvalue weighted by atomic mass is 10.1. The topological polar surface area (TPSA) is 59.9 Å². The molecular formula is C23H21ClN2O3. The molecule has 1 N–H and O–H groups in total. The van der Waals surface area contributed by atoms with Gasteiger partial charge in [0.2, 0.25) is 0 Å². The molecule has 0 heterocycles. The Balaban J connectivity index is 1.62. The zero-order valence-corrected chi connectivity index (χ0v) is 16.9. The van der Waals surface area contributed by atoms with E-state index in [4.69, 9.17) is 21.1 Å². The van der Waals surface area contributed by atoms with Crippen LogP contribution < -0.4 is 14.9 Å². The van der Waals surface area contributed by atoms with Gasteiger partial charge >= 0.3 is 0 Å². The molecule has 0 aliphatic heterocycles. The van der Waals surface area contributed by atoms with Crippen molar-refractivity contribution in [3.63, 3.8) is 0 Å². The van der Waals surface area contributed by atoms with Gasteiger partial charge in [-0.15, -0.1) is 0 Å². The van der Waals surface area contributed by atoms with Crippen LogP contribution in [0.2, 0.25) is 5.02 Å². The summed E-state index contributed by atoms with van der Waals surface area (Å²) in [6, 6.07) is 20.2. The molecule has 0 aliphatic carbocycles. The minimum Gasteiger partial charge on any atom is -0.493 e. The Morgan fingerprint density at radius 2 is 1.86 bits per heavy atom. The normalized spacial score (nSPS) is 10.7. The zero-order valence-electron chi connectivity index (χ0n) is 16.2. The van der Waals surface area contributed by atoms with Gasteiger partial charge < -0.3 is 9.47 Å². The molecule has 1 amide bonds. The number of nitrogens with one attached hydrogen (secondary N) is 1. The van der Waals surface area contributed by atoms with Crippen molar-refractivity contribution in [2.24, 2.45) is 5.10 Å². The molecule has 0 bridgehead atoms. The summed E-state index contributed by atoms with van der Waals surface area (Å²) in [5.41, 5.74) is 5.87. The fourth-order valence-corrected chi connectivity index (χ4v) is 2.77. The average molecular weight is 409 g/mol. The van der Waals surface area contributed by atoms with Crippen molar-refractivity contribution in [1.82, 2.24) is 5.43 Å². The molecule has 0 atom stereocenters. The number of hydrogen-bond donors (Lipinski definition) is 1. The van der Waals surface area contributed by atoms with Gasteiger partial charge in [0.05, 0.1) is 13.3 Å². The first-order chi connectivity index (χ1) is 14.0. The Morgan fingerprint density at radius 3 is 2.59 bits per heavy atom. The highest BCUT2D eigenvalue weighted by molar-refractivity contribution is 6.30. The lowest BCUT2D eigenvalue weighted by Gasteiger charge is -2.11. The van der Waals surface area contributed by atoms with Crippen LogP contribution in [0.4, 0.5) is 0 Å². The standard InChI is InChI=1S/C23H21ClN2O3/c1-16-4-3-5-19(12-16)23(27)26-25-14-18-8-11-21(22(13-18)28-2)29-15-17-6-9-20(24)10-7-17/h3-14H,15H2,1-2H3,(H,26,27)/b25-14-. The minimum absolute atomic E-state index is 0.264. The lowest BCUT2D eigenvalue weighted by Crippen LogP contribution is -2.17. The van der Waals surface area contributed by atoms with Crippen molar-refractivity contribution in [2.75, 3.05) is 7.11 Å². The number of rotatable bonds is 7. The van der Waals surface area contributed by atoms with Crippen LogP contribution in [0.25, 0.3) is 0 Å². The van der Waals surface area contributed by atoms with Gasteiger partial charge in [-0.05, 0) is 60.5 Å². The van der Waals surface area contributed by atoms with E-state index >= 15 is 0 Å². The average Bonchev–Trinajstić information content (AvgIpc) is 2.73. The molecule has 148 valence electrons. The van der Waals surface area contributed by atoms with E-state index in [1.165, 1.54) is 0 Å². The number of benzene rings is 3. The Hall–Kier alpha value is -3.31. The molecule has 3 aromatic rings. The second-order valence-electron chi connectivity index (χ2n) is 6.39. The minimum atomic E-state index is -0.264. The van der Waals surface area contributed by atoms with E-state index in [-0.39, 0.29) is 5.91 Å². The summed E-state index contributed by atoms with van der Waals surface area (Å²) in [4.78, 5) is 12.1. The second-order valence-corrected chi connectivity index (χ2v) is 6.83. The Morgan fingerprint density at radius 1 is 1.07 bits per heavy atom. The summed E-state index contributed by atoms with van der Waals surface area (Å²) in [5.74, 6) is 0.927. The quantitative estimate of drug-likeness (QED) is 0.442. The number of carbonyl (C=O) groups excluding carboxylic acids is 1. The number of ether oxygens (including phenoxy) is 2. The molecule has 0 saturated carbocycles. The molecule has 0 fully saturated rings. The molecule has 0 aromatic heterocycles. The van der Waals surface area contributed by atoms with E-state index in [1.54, 1.807) is 37.6 Å². The van der Waals surface area contributed by atoms with E-state index < -0.39 is 0 Å². The zero-order chi connectivity index (χ0) is 20.6. The number of carbonyl (C=O) groups is 1. The number of halogens is 1. The first-order valence-corrected chi connectivity index (χ1v) is 9.38. The van der Waals surface area contributed by atoms with E-state index in [2.05, 4.69) is 10.5 Å². The second kappa shape index (κ2) is 9.75. The predicted octanol–water partition coefficient (Wildman–Crippen LogP) is 5.00. The Bertz CT molecular complexity index is 1020. The summed E-state index contributed by atoms with van der Waals surface area (Å²) in [7, 11) is 1.57. The Kier molecular flexibility index (Phi) is 6.87. The Labute approximate surface area is 174 Å². The van der Waals surface area contributed by atoms with E-state index in [0.717, 1.165) is 16.7 Å². The molecule has 5 nitrogen and oxygen atoms in total. The third-order valence-electron chi connectivity index (χ3n) is 4.16. The fourth-order valence-electron chi connectivity index (χ4n) is 2.64. The summed E-state index contributed by atoms with van der Waals surface area (Å²) >= 11 is 5.90. The smallest absolute Gasteiger partial charge is 0.271 e. The molecule has 0 radical (unpaired) electrons. The molecule has 0 unspecified atom stereocenters. The SMILES string of the molecule is COc1cc(/C=N\NC(=O)c2cccc(C)c2)ccc1OCc1ccc(Cl)cc1. The van der Waals surface area contributed by atoms with E-state index in [1.807, 2.05) is 49.4 Å². The van der Waals surface area contributed by atoms with Gasteiger partial charge in [0.25, 0.3) is 5.91 Å². The maximum absolute atomic E-state index is 12.1. The summed E-state index contributed by atoms with van der Waals surface area (Å²) in [6.07, 6.45) is 1.55. The van der Waals surface area contributed by atoms with Crippen LogP contribution in [-0.4, -0.2) is 19.2 Å². The number of hydrazone groups is 1. The van der Waals surface area contributed by atoms with Gasteiger partial charge in [-0.1, -0.05) is 41.4 Å². The first-order valence-electron chi connectivity index (χ1n) is 9.00. The molecule has 0 aliphatic rings. The number of methoxy groups -OCH3 is 1. The number of aryl methyl sites for hydroxylation is 1. The third-order valence-corrected chi connectivity index (χ3v) is 4.41. The fraction of sp³-hybridized carbons (Fsp3) is 0.130. The monoisotopic (exact) mass is 408 g/mol. The van der Waals surface area contributed by atoms with Crippen LogP contribution in [-0.2, 0) is 6.61 Å². The van der Waals surface area contributed by atoms with Crippen LogP contribution in [0.3, 0.4) is 0 Å². The van der Waals surface area contributed by atoms with Gasteiger partial charge in [0, 0.05) is 10.6 Å². The van der Waals surface area contributed by atoms with Crippen LogP contribution in [0.5, 0.6) is 11.5 Å². The first kappa shape index (κ1) is 20.4. The van der Waals surface area contributed by atoms with Crippen LogP contribution >= 0.6 is 11.6 Å². The van der Waals surface area contributed by atoms with E-state index in [9.17, 15) is 4.79 Å². The number of amides is 1. The summed E-state index contributed by atoms with van der Waals surface area (Å²) < 4.78 is 11.2. The largest absolute Gasteiger partial charge is 0.493 e. The predicted molar refractivity (Wildman–Crippen MR) is 115 cm³/mol. The summed E-state index contributed by atoms with van der Waals surface area (Å²) in [5, 5.41) is 4.71. The van der Waals surface area contributed by atoms with Crippen LogP contribution in [0.15, 0.2) is 71.8 Å². The number of nitrogens with zero attached hydrogens (tertiary/aromatic N) is 1. The molecule has 6 heteroatoms. The lowest BCUT2D eigenvalue weighted by molar-refractivity contribution is 0.0955. The molecule has 3 rings (SSSR count). The van der Waals surface area contributed by atoms with Crippen LogP contribution in [0.1, 0.15) is 27.0 Å². The van der Waals surface area contributed by atoms with Gasteiger partial charge in [-0.3, -0.25) is 4.79 Å². The molecule has 29 heavy (non-hydrogen) atoms. The van der Waals surface area contributed by atoms with Crippen LogP contribution in [0, 0.1) is 6.92 Å². The van der Waals surface area contributed by atoms with Gasteiger partial charge in [0.1, 0.15) is 6.61 Å². The van der Waals surface area contributed by atoms with Crippen molar-refractivity contribution < 1.29 is 14.3 Å². The van der Waals surface area contributed by atoms with Gasteiger partial charge in [-0.25, -0.2) is 5.43 Å². The van der Waals surface area contributed by atoms with Crippen molar-refractivity contribution in [1.29, 1.82) is 0 Å². The van der Waals surface area contributed by atoms with Gasteiger partial charge in [-0.2, -0.15) is 5.10 Å². The van der Waals surface area contributed by atoms with Crippen molar-refractivity contribution in [3.05, 3.63) is 94.0 Å². The summed E-state index contributed by atoms with van der Waals surface area (Å²) in [6.45, 7) is 2.33. The highest BCUT2D eigenvalue weighted by Gasteiger charge is 2.07. The van der Waals surface area contributed by atoms with Crippen molar-refractivity contribution in [2.45, 2.75) is 13.5 Å². The third kappa shape index (κ3) is 5.83. The highest BCUT2D eigenvalue weighted by Crippen LogP contribution is 2.28. The highest BCUT2D eigenvalue weighted by atomic mass is 35.5. The molecular weight excluding hydrogens is 388 g/mol. The van der Waals surface area contributed by atoms with Crippen molar-refractivity contribution in [3.8, 4) is 11.5 Å². The maximum atomic E-state index is 12.1. The molecule has 0 saturated heterocycles. The maximum Gasteiger partial charge on any atom is 0.271 e. The van der Waals surface area contributed by atoms with Gasteiger partial charge in [0.15, 0.2) is 11.5 Å². The van der Waals surface area contributed by atoms with E-state index in [0.29, 0.717) is 28.7 Å². The van der Waals surface area contributed by atoms with Crippen molar-refractivity contribution >= 4 is 23.7 Å². The molecule has 3 aromatic carbocycles. The molecule has 0 spiro atoms.